The van der Waals surface area contributed by atoms with E-state index in [0.717, 1.165) is 51.1 Å². The molecule has 17 heteroatoms. The number of alkyl halides is 3. The van der Waals surface area contributed by atoms with E-state index in [1.165, 1.54) is 29.5 Å². The van der Waals surface area contributed by atoms with Gasteiger partial charge in [0.05, 0.1) is 26.3 Å². The molecule has 1 aromatic heterocycles. The minimum Gasteiger partial charge on any atom is -0.366 e. The number of nitrogens with zero attached hydrogens (tertiary/aromatic N) is 4. The molecule has 2 N–H and O–H groups in total. The van der Waals surface area contributed by atoms with Crippen LogP contribution in [0.25, 0.3) is 0 Å². The number of rotatable bonds is 8. The number of nitro benzene ring substituents is 2. The molecule has 0 saturated heterocycles. The van der Waals surface area contributed by atoms with Crippen molar-refractivity contribution in [2.45, 2.75) is 73.6 Å². The van der Waals surface area contributed by atoms with Gasteiger partial charge in [-0.05, 0) is 65.9 Å². The normalized spacial score (nSPS) is 13.8. The van der Waals surface area contributed by atoms with Gasteiger partial charge in [0.2, 0.25) is 11.8 Å². The molecule has 4 aromatic rings. The van der Waals surface area contributed by atoms with E-state index in [2.05, 4.69) is 15.5 Å². The van der Waals surface area contributed by atoms with Gasteiger partial charge in [-0.2, -0.15) is 13.2 Å². The number of anilines is 4. The lowest BCUT2D eigenvalue weighted by molar-refractivity contribution is -0.384. The van der Waals surface area contributed by atoms with Crippen molar-refractivity contribution in [1.82, 2.24) is 0 Å². The summed E-state index contributed by atoms with van der Waals surface area (Å²) in [5, 5.41) is 28.5. The largest absolute Gasteiger partial charge is 0.416 e. The summed E-state index contributed by atoms with van der Waals surface area (Å²) in [4.78, 5) is 51.8. The first-order valence-electron chi connectivity index (χ1n) is 17.7. The van der Waals surface area contributed by atoms with E-state index in [0.29, 0.717) is 37.3 Å². The fraction of sp³-hybridized carbons (Fsp3) is 0.385. The standard InChI is InChI=1S/C21H22F3N3O3.C18H20ClN3O3S/c1-20(2,3)19(28)25-16-10-14-8-9-26(17(14)11-18(16)27(29)30)12-13-4-6-15(7-5-13)21(22,23)24;1-18(2,3)17(23)20-13-8-11-6-7-21(10-12-4-5-16(19)26-12)14(11)9-15(13)22(24)25/h4-7,10-11H,8-9,12H2,1-3H3,(H,25,28);4-5,8-9H,6-7,10H2,1-3H3,(H,20,23). The minimum atomic E-state index is -4.40. The fourth-order valence-corrected chi connectivity index (χ4v) is 7.18. The van der Waals surface area contributed by atoms with E-state index in [1.807, 2.05) is 17.0 Å². The van der Waals surface area contributed by atoms with Crippen LogP contribution in [0.3, 0.4) is 0 Å². The molecule has 12 nitrogen and oxygen atoms in total. The van der Waals surface area contributed by atoms with Gasteiger partial charge in [-0.3, -0.25) is 29.8 Å². The number of carbonyl (C=O) groups is 2. The van der Waals surface area contributed by atoms with E-state index < -0.39 is 32.4 Å². The molecule has 0 saturated carbocycles. The summed E-state index contributed by atoms with van der Waals surface area (Å²) in [7, 11) is 0. The number of hydrogen-bond donors (Lipinski definition) is 2. The molecule has 0 atom stereocenters. The number of benzene rings is 3. The number of fused-ring (bicyclic) bond motifs is 2. The molecule has 0 bridgehead atoms. The molecular formula is C39H42ClF3N6O6S. The van der Waals surface area contributed by atoms with Gasteiger partial charge in [0, 0.05) is 58.8 Å². The zero-order chi connectivity index (χ0) is 41.3. The molecule has 2 aliphatic heterocycles. The van der Waals surface area contributed by atoms with Crippen molar-refractivity contribution in [2.75, 3.05) is 33.5 Å². The Morgan fingerprint density at radius 1 is 0.732 bits per heavy atom. The summed E-state index contributed by atoms with van der Waals surface area (Å²) >= 11 is 7.50. The molecule has 6 rings (SSSR count). The highest BCUT2D eigenvalue weighted by Gasteiger charge is 2.32. The van der Waals surface area contributed by atoms with E-state index in [-0.39, 0.29) is 34.6 Å². The Labute approximate surface area is 330 Å². The Morgan fingerprint density at radius 3 is 1.55 bits per heavy atom. The van der Waals surface area contributed by atoms with Crippen molar-refractivity contribution in [3.05, 3.63) is 112 Å². The lowest BCUT2D eigenvalue weighted by atomic mass is 9.95. The Bertz CT molecular complexity index is 2160. The zero-order valence-electron chi connectivity index (χ0n) is 31.7. The van der Waals surface area contributed by atoms with Crippen molar-refractivity contribution in [1.29, 1.82) is 0 Å². The van der Waals surface area contributed by atoms with Gasteiger partial charge >= 0.3 is 6.18 Å². The summed E-state index contributed by atoms with van der Waals surface area (Å²) in [5.74, 6) is -0.575. The monoisotopic (exact) mass is 814 g/mol. The third-order valence-electron chi connectivity index (χ3n) is 9.26. The summed E-state index contributed by atoms with van der Waals surface area (Å²) in [6.45, 7) is 12.8. The Balaban J connectivity index is 0.000000216. The molecule has 0 aliphatic carbocycles. The molecule has 2 aliphatic rings. The minimum absolute atomic E-state index is 0.0857. The average molecular weight is 815 g/mol. The van der Waals surface area contributed by atoms with Crippen molar-refractivity contribution >= 4 is 68.9 Å². The van der Waals surface area contributed by atoms with Gasteiger partial charge < -0.3 is 20.4 Å². The highest BCUT2D eigenvalue weighted by molar-refractivity contribution is 7.16. The highest BCUT2D eigenvalue weighted by Crippen LogP contribution is 2.41. The molecule has 0 spiro atoms. The molecule has 3 heterocycles. The number of amides is 2. The van der Waals surface area contributed by atoms with E-state index >= 15 is 0 Å². The number of nitro groups is 2. The van der Waals surface area contributed by atoms with E-state index in [9.17, 15) is 43.0 Å². The lowest BCUT2D eigenvalue weighted by Gasteiger charge is -2.21. The van der Waals surface area contributed by atoms with Gasteiger partial charge in [-0.1, -0.05) is 65.3 Å². The second-order valence-electron chi connectivity index (χ2n) is 15.7. The molecule has 3 aromatic carbocycles. The van der Waals surface area contributed by atoms with Crippen LogP contribution in [0.15, 0.2) is 60.7 Å². The van der Waals surface area contributed by atoms with Gasteiger partial charge in [0.15, 0.2) is 0 Å². The SMILES string of the molecule is CC(C)(C)C(=O)Nc1cc2c(cc1[N+](=O)[O-])N(Cc1ccc(C(F)(F)F)cc1)CC2.CC(C)(C)C(=O)Nc1cc2c(cc1[N+](=O)[O-])N(Cc1ccc(Cl)s1)CC2. The van der Waals surface area contributed by atoms with Crippen molar-refractivity contribution in [3.8, 4) is 0 Å². The predicted octanol–water partition coefficient (Wildman–Crippen LogP) is 10.0. The maximum atomic E-state index is 12.7. The number of nitrogens with one attached hydrogen (secondary N) is 2. The summed E-state index contributed by atoms with van der Waals surface area (Å²) < 4.78 is 38.9. The number of thiophene rings is 1. The maximum Gasteiger partial charge on any atom is 0.416 e. The van der Waals surface area contributed by atoms with Crippen molar-refractivity contribution in [2.24, 2.45) is 10.8 Å². The van der Waals surface area contributed by atoms with Crippen molar-refractivity contribution < 1.29 is 32.6 Å². The molecule has 56 heavy (non-hydrogen) atoms. The highest BCUT2D eigenvalue weighted by atomic mass is 35.5. The summed E-state index contributed by atoms with van der Waals surface area (Å²) in [6, 6.07) is 15.0. The quantitative estimate of drug-likeness (QED) is 0.132. The first kappa shape index (κ1) is 41.9. The Kier molecular flexibility index (Phi) is 12.1. The zero-order valence-corrected chi connectivity index (χ0v) is 33.2. The molecule has 0 unspecified atom stereocenters. The van der Waals surface area contributed by atoms with Crippen LogP contribution in [0.5, 0.6) is 0 Å². The number of carbonyl (C=O) groups excluding carboxylic acids is 2. The van der Waals surface area contributed by atoms with Gasteiger partial charge in [-0.15, -0.1) is 11.3 Å². The maximum absolute atomic E-state index is 12.7. The predicted molar refractivity (Wildman–Crippen MR) is 213 cm³/mol. The van der Waals surface area contributed by atoms with Crippen LogP contribution in [-0.2, 0) is 41.7 Å². The molecular weight excluding hydrogens is 773 g/mol. The van der Waals surface area contributed by atoms with Gasteiger partial charge in [-0.25, -0.2) is 0 Å². The first-order chi connectivity index (χ1) is 26.0. The van der Waals surface area contributed by atoms with Crippen LogP contribution in [0.4, 0.5) is 47.3 Å². The number of hydrogen-bond acceptors (Lipinski definition) is 9. The smallest absolute Gasteiger partial charge is 0.366 e. The van der Waals surface area contributed by atoms with E-state index in [4.69, 9.17) is 11.6 Å². The van der Waals surface area contributed by atoms with Crippen LogP contribution in [0, 0.1) is 31.1 Å². The van der Waals surface area contributed by atoms with Crippen LogP contribution in [0.2, 0.25) is 4.34 Å². The van der Waals surface area contributed by atoms with Crippen LogP contribution in [-0.4, -0.2) is 34.8 Å². The molecule has 2 amide bonds. The summed E-state index contributed by atoms with van der Waals surface area (Å²) in [5.41, 5.74) is 2.06. The van der Waals surface area contributed by atoms with Gasteiger partial charge in [0.1, 0.15) is 11.4 Å². The Hall–Kier alpha value is -5.22. The third kappa shape index (κ3) is 9.95. The second kappa shape index (κ2) is 16.1. The Morgan fingerprint density at radius 2 is 1.18 bits per heavy atom. The molecule has 298 valence electrons. The summed E-state index contributed by atoms with van der Waals surface area (Å²) in [6.07, 6.45) is -3.00. The van der Waals surface area contributed by atoms with Crippen LogP contribution in [0.1, 0.15) is 68.7 Å². The first-order valence-corrected chi connectivity index (χ1v) is 18.9. The molecule has 0 fully saturated rings. The van der Waals surface area contributed by atoms with Gasteiger partial charge in [0.25, 0.3) is 11.4 Å². The fourth-order valence-electron chi connectivity index (χ4n) is 6.08. The average Bonchev–Trinajstić information content (AvgIpc) is 3.81. The van der Waals surface area contributed by atoms with E-state index in [1.54, 1.807) is 59.7 Å². The molecule has 0 radical (unpaired) electrons. The third-order valence-corrected chi connectivity index (χ3v) is 10.5. The number of halogens is 4. The topological polar surface area (TPSA) is 151 Å². The lowest BCUT2D eigenvalue weighted by Crippen LogP contribution is -2.28. The van der Waals surface area contributed by atoms with Crippen LogP contribution < -0.4 is 20.4 Å². The van der Waals surface area contributed by atoms with Crippen LogP contribution >= 0.6 is 22.9 Å². The van der Waals surface area contributed by atoms with Crippen molar-refractivity contribution in [3.63, 3.8) is 0 Å². The second-order valence-corrected chi connectivity index (χ2v) is 17.5.